The SMILES string of the molecule is O=C(O)N1CCc2c(nc(OCCN3CCC(F)C3)nc2N2CCN(C(=O)OCc3ccccc3)CC2)C1. The summed E-state index contributed by atoms with van der Waals surface area (Å²) in [6, 6.07) is 9.75. The zero-order valence-corrected chi connectivity index (χ0v) is 21.3. The van der Waals surface area contributed by atoms with Gasteiger partial charge in [-0.25, -0.2) is 14.0 Å². The van der Waals surface area contributed by atoms with Gasteiger partial charge in [0.1, 0.15) is 25.2 Å². The number of hydrogen-bond donors (Lipinski definition) is 1. The zero-order valence-electron chi connectivity index (χ0n) is 21.3. The largest absolute Gasteiger partial charge is 0.465 e. The molecule has 2 amide bonds. The van der Waals surface area contributed by atoms with Gasteiger partial charge in [0.25, 0.3) is 0 Å². The molecule has 3 aliphatic rings. The number of ether oxygens (including phenoxy) is 2. The van der Waals surface area contributed by atoms with Crippen molar-refractivity contribution < 1.29 is 28.6 Å². The number of aromatic nitrogens is 2. The number of amides is 2. The van der Waals surface area contributed by atoms with Crippen LogP contribution in [-0.4, -0.2) is 107 Å². The molecule has 2 aromatic rings. The van der Waals surface area contributed by atoms with E-state index in [1.165, 1.54) is 4.90 Å². The van der Waals surface area contributed by atoms with Gasteiger partial charge in [0.2, 0.25) is 0 Å². The van der Waals surface area contributed by atoms with E-state index < -0.39 is 12.3 Å². The van der Waals surface area contributed by atoms with Gasteiger partial charge in [-0.3, -0.25) is 4.90 Å². The van der Waals surface area contributed by atoms with Gasteiger partial charge in [0.15, 0.2) is 0 Å². The van der Waals surface area contributed by atoms with Crippen molar-refractivity contribution in [3.05, 3.63) is 47.2 Å². The lowest BCUT2D eigenvalue weighted by Crippen LogP contribution is -2.49. The second kappa shape index (κ2) is 11.8. The lowest BCUT2D eigenvalue weighted by molar-refractivity contribution is 0.0941. The van der Waals surface area contributed by atoms with E-state index in [9.17, 15) is 19.1 Å². The monoisotopic (exact) mass is 528 g/mol. The Labute approximate surface area is 220 Å². The Kier molecular flexibility index (Phi) is 8.06. The highest BCUT2D eigenvalue weighted by atomic mass is 19.1. The van der Waals surface area contributed by atoms with Crippen LogP contribution >= 0.6 is 0 Å². The van der Waals surface area contributed by atoms with Crippen LogP contribution in [0.4, 0.5) is 19.8 Å². The van der Waals surface area contributed by atoms with Gasteiger partial charge in [-0.05, 0) is 18.4 Å². The van der Waals surface area contributed by atoms with Crippen LogP contribution < -0.4 is 9.64 Å². The molecule has 204 valence electrons. The third kappa shape index (κ3) is 6.24. The van der Waals surface area contributed by atoms with Crippen molar-refractivity contribution in [1.29, 1.82) is 0 Å². The second-order valence-corrected chi connectivity index (χ2v) is 9.76. The van der Waals surface area contributed by atoms with Gasteiger partial charge in [-0.1, -0.05) is 30.3 Å². The summed E-state index contributed by atoms with van der Waals surface area (Å²) in [6.45, 7) is 4.81. The minimum Gasteiger partial charge on any atom is -0.465 e. The molecular weight excluding hydrogens is 495 g/mol. The molecule has 1 aromatic carbocycles. The number of rotatable bonds is 7. The van der Waals surface area contributed by atoms with Crippen molar-refractivity contribution >= 4 is 18.0 Å². The van der Waals surface area contributed by atoms with Crippen molar-refractivity contribution in [3.8, 4) is 6.01 Å². The third-order valence-electron chi connectivity index (χ3n) is 7.19. The lowest BCUT2D eigenvalue weighted by Gasteiger charge is -2.37. The molecule has 0 aliphatic carbocycles. The number of hydrogen-bond acceptors (Lipinski definition) is 8. The number of anilines is 1. The molecule has 11 nitrogen and oxygen atoms in total. The van der Waals surface area contributed by atoms with Gasteiger partial charge in [0.05, 0.1) is 12.2 Å². The smallest absolute Gasteiger partial charge is 0.410 e. The van der Waals surface area contributed by atoms with Gasteiger partial charge >= 0.3 is 18.2 Å². The van der Waals surface area contributed by atoms with E-state index in [4.69, 9.17) is 14.5 Å². The Hall–Kier alpha value is -3.67. The Morgan fingerprint density at radius 1 is 1.03 bits per heavy atom. The highest BCUT2D eigenvalue weighted by Crippen LogP contribution is 2.29. The zero-order chi connectivity index (χ0) is 26.5. The minimum atomic E-state index is -0.990. The Morgan fingerprint density at radius 3 is 2.53 bits per heavy atom. The van der Waals surface area contributed by atoms with E-state index in [0.29, 0.717) is 77.5 Å². The maximum atomic E-state index is 13.5. The number of alkyl halides is 1. The number of carbonyl (C=O) groups excluding carboxylic acids is 1. The Balaban J connectivity index is 1.23. The van der Waals surface area contributed by atoms with Crippen molar-refractivity contribution in [2.24, 2.45) is 0 Å². The normalized spacial score (nSPS) is 19.8. The second-order valence-electron chi connectivity index (χ2n) is 9.76. The van der Waals surface area contributed by atoms with Crippen LogP contribution in [0.3, 0.4) is 0 Å². The molecule has 0 radical (unpaired) electrons. The molecule has 0 spiro atoms. The first-order valence-corrected chi connectivity index (χ1v) is 13.0. The maximum absolute atomic E-state index is 13.5. The molecule has 0 saturated carbocycles. The van der Waals surface area contributed by atoms with E-state index in [2.05, 4.69) is 9.88 Å². The van der Waals surface area contributed by atoms with E-state index in [0.717, 1.165) is 16.9 Å². The Morgan fingerprint density at radius 2 is 1.82 bits per heavy atom. The van der Waals surface area contributed by atoms with Crippen molar-refractivity contribution in [1.82, 2.24) is 24.7 Å². The van der Waals surface area contributed by atoms with Crippen molar-refractivity contribution in [2.75, 3.05) is 63.9 Å². The quantitative estimate of drug-likeness (QED) is 0.579. The van der Waals surface area contributed by atoms with Crippen LogP contribution in [0, 0.1) is 0 Å². The molecule has 1 atom stereocenters. The number of carbonyl (C=O) groups is 2. The van der Waals surface area contributed by atoms with E-state index in [1.807, 2.05) is 35.2 Å². The first kappa shape index (κ1) is 26.0. The van der Waals surface area contributed by atoms with E-state index in [1.54, 1.807) is 4.90 Å². The average Bonchev–Trinajstić information content (AvgIpc) is 3.36. The van der Waals surface area contributed by atoms with Gasteiger partial charge in [0, 0.05) is 57.9 Å². The number of carboxylic acid groups (broad SMARTS) is 1. The van der Waals surface area contributed by atoms with Crippen LogP contribution in [0.15, 0.2) is 30.3 Å². The fourth-order valence-corrected chi connectivity index (χ4v) is 5.04. The van der Waals surface area contributed by atoms with E-state index >= 15 is 0 Å². The fraction of sp³-hybridized carbons (Fsp3) is 0.538. The summed E-state index contributed by atoms with van der Waals surface area (Å²) in [5, 5.41) is 9.49. The summed E-state index contributed by atoms with van der Waals surface area (Å²) in [5.74, 6) is 0.720. The number of nitrogens with zero attached hydrogens (tertiary/aromatic N) is 6. The average molecular weight is 529 g/mol. The predicted molar refractivity (Wildman–Crippen MR) is 136 cm³/mol. The summed E-state index contributed by atoms with van der Waals surface area (Å²) >= 11 is 0. The molecule has 1 unspecified atom stereocenters. The van der Waals surface area contributed by atoms with Gasteiger partial charge in [-0.15, -0.1) is 0 Å². The highest BCUT2D eigenvalue weighted by Gasteiger charge is 2.30. The minimum absolute atomic E-state index is 0.165. The topological polar surface area (TPSA) is 112 Å². The van der Waals surface area contributed by atoms with Crippen LogP contribution in [0.5, 0.6) is 6.01 Å². The van der Waals surface area contributed by atoms with Crippen molar-refractivity contribution in [2.45, 2.75) is 32.2 Å². The lowest BCUT2D eigenvalue weighted by atomic mass is 10.0. The number of halogens is 1. The summed E-state index contributed by atoms with van der Waals surface area (Å²) in [5.41, 5.74) is 2.48. The molecule has 0 bridgehead atoms. The third-order valence-corrected chi connectivity index (χ3v) is 7.19. The van der Waals surface area contributed by atoms with Crippen LogP contribution in [0.2, 0.25) is 0 Å². The molecule has 1 aromatic heterocycles. The van der Waals surface area contributed by atoms with Crippen LogP contribution in [-0.2, 0) is 24.3 Å². The molecule has 38 heavy (non-hydrogen) atoms. The first-order chi connectivity index (χ1) is 18.5. The number of piperazine rings is 1. The summed E-state index contributed by atoms with van der Waals surface area (Å²) < 4.78 is 24.8. The molecule has 2 saturated heterocycles. The summed E-state index contributed by atoms with van der Waals surface area (Å²) in [4.78, 5) is 40.5. The fourth-order valence-electron chi connectivity index (χ4n) is 5.04. The molecule has 2 fully saturated rings. The van der Waals surface area contributed by atoms with Gasteiger partial charge in [-0.2, -0.15) is 9.97 Å². The molecule has 1 N–H and O–H groups in total. The molecule has 4 heterocycles. The number of benzene rings is 1. The summed E-state index contributed by atoms with van der Waals surface area (Å²) in [7, 11) is 0. The molecule has 3 aliphatic heterocycles. The summed E-state index contributed by atoms with van der Waals surface area (Å²) in [6.07, 6.45) is -1.09. The van der Waals surface area contributed by atoms with Crippen molar-refractivity contribution in [3.63, 3.8) is 0 Å². The highest BCUT2D eigenvalue weighted by molar-refractivity contribution is 5.68. The van der Waals surface area contributed by atoms with Gasteiger partial charge < -0.3 is 29.3 Å². The van der Waals surface area contributed by atoms with Crippen LogP contribution in [0.25, 0.3) is 0 Å². The van der Waals surface area contributed by atoms with E-state index in [-0.39, 0.29) is 25.3 Å². The number of fused-ring (bicyclic) bond motifs is 1. The molecular formula is C26H33FN6O5. The molecule has 5 rings (SSSR count). The first-order valence-electron chi connectivity index (χ1n) is 13.0. The Bertz CT molecular complexity index is 1130. The number of likely N-dealkylation sites (tertiary alicyclic amines) is 1. The van der Waals surface area contributed by atoms with Crippen LogP contribution in [0.1, 0.15) is 23.2 Å². The molecule has 12 heteroatoms. The standard InChI is InChI=1S/C26H33FN6O5/c27-20-6-8-30(16-20)14-15-37-24-28-22-17-33(25(34)35)9-7-21(22)23(29-24)31-10-12-32(13-11-31)26(36)38-18-19-4-2-1-3-5-19/h1-5,20H,6-18H2,(H,34,35). The predicted octanol–water partition coefficient (Wildman–Crippen LogP) is 2.39. The maximum Gasteiger partial charge on any atom is 0.410 e.